The highest BCUT2D eigenvalue weighted by atomic mass is 16.5. The second kappa shape index (κ2) is 9.32. The maximum absolute atomic E-state index is 12.6. The fourth-order valence-electron chi connectivity index (χ4n) is 4.09. The van der Waals surface area contributed by atoms with Crippen molar-refractivity contribution in [2.24, 2.45) is 5.92 Å². The van der Waals surface area contributed by atoms with Crippen LogP contribution in [0.2, 0.25) is 0 Å². The molecule has 1 heterocycles. The zero-order chi connectivity index (χ0) is 17.5. The van der Waals surface area contributed by atoms with Gasteiger partial charge in [-0.2, -0.15) is 0 Å². The summed E-state index contributed by atoms with van der Waals surface area (Å²) in [5, 5.41) is 7.13. The lowest BCUT2D eigenvalue weighted by Gasteiger charge is -2.33. The van der Waals surface area contributed by atoms with Crippen molar-refractivity contribution in [3.8, 4) is 0 Å². The van der Waals surface area contributed by atoms with Gasteiger partial charge in [0.2, 0.25) is 5.91 Å². The Hall–Kier alpha value is -1.43. The lowest BCUT2D eigenvalue weighted by atomic mass is 9.94. The molecular formula is C20H31N3O2. The molecule has 0 spiro atoms. The van der Waals surface area contributed by atoms with Crippen LogP contribution in [0.25, 0.3) is 0 Å². The van der Waals surface area contributed by atoms with Crippen molar-refractivity contribution in [3.05, 3.63) is 35.9 Å². The van der Waals surface area contributed by atoms with Crippen LogP contribution in [0.15, 0.2) is 30.3 Å². The molecule has 3 rings (SSSR count). The van der Waals surface area contributed by atoms with E-state index < -0.39 is 0 Å². The van der Waals surface area contributed by atoms with Crippen LogP contribution in [0, 0.1) is 5.92 Å². The summed E-state index contributed by atoms with van der Waals surface area (Å²) in [6.45, 7) is 6.44. The van der Waals surface area contributed by atoms with E-state index in [9.17, 15) is 4.79 Å². The van der Waals surface area contributed by atoms with Crippen LogP contribution < -0.4 is 10.6 Å². The van der Waals surface area contributed by atoms with Gasteiger partial charge in [-0.15, -0.1) is 0 Å². The largest absolute Gasteiger partial charge is 0.379 e. The Morgan fingerprint density at radius 3 is 2.88 bits per heavy atom. The fraction of sp³-hybridized carbons (Fsp3) is 0.650. The Balaban J connectivity index is 1.49. The van der Waals surface area contributed by atoms with Gasteiger partial charge in [-0.05, 0) is 31.2 Å². The summed E-state index contributed by atoms with van der Waals surface area (Å²) >= 11 is 0. The first-order valence-corrected chi connectivity index (χ1v) is 9.64. The normalized spacial score (nSPS) is 26.5. The standard InChI is InChI=1S/C20H31N3O2/c1-2-23(14-16-7-4-3-5-8-16)20(24)13-22-18-10-6-9-17(18)19-15-25-12-11-21-19/h3-5,7-8,17-19,21-22H,2,6,9-15H2,1H3. The van der Waals surface area contributed by atoms with Gasteiger partial charge in [-0.3, -0.25) is 4.79 Å². The number of likely N-dealkylation sites (N-methyl/N-ethyl adjacent to an activating group) is 1. The van der Waals surface area contributed by atoms with Crippen molar-refractivity contribution >= 4 is 5.91 Å². The Labute approximate surface area is 151 Å². The van der Waals surface area contributed by atoms with E-state index >= 15 is 0 Å². The monoisotopic (exact) mass is 345 g/mol. The highest BCUT2D eigenvalue weighted by molar-refractivity contribution is 5.78. The van der Waals surface area contributed by atoms with Gasteiger partial charge < -0.3 is 20.3 Å². The molecule has 25 heavy (non-hydrogen) atoms. The first-order chi connectivity index (χ1) is 12.3. The predicted molar refractivity (Wildman–Crippen MR) is 99.3 cm³/mol. The summed E-state index contributed by atoms with van der Waals surface area (Å²) in [7, 11) is 0. The highest BCUT2D eigenvalue weighted by Crippen LogP contribution is 2.29. The van der Waals surface area contributed by atoms with Gasteiger partial charge in [0, 0.05) is 31.7 Å². The van der Waals surface area contributed by atoms with E-state index in [-0.39, 0.29) is 5.91 Å². The molecule has 3 atom stereocenters. The molecule has 3 unspecified atom stereocenters. The molecule has 1 amide bonds. The van der Waals surface area contributed by atoms with E-state index in [0.29, 0.717) is 31.1 Å². The number of hydrogen-bond donors (Lipinski definition) is 2. The first kappa shape index (κ1) is 18.4. The highest BCUT2D eigenvalue weighted by Gasteiger charge is 2.34. The van der Waals surface area contributed by atoms with Gasteiger partial charge in [-0.25, -0.2) is 0 Å². The number of morpholine rings is 1. The second-order valence-electron chi connectivity index (χ2n) is 7.11. The molecular weight excluding hydrogens is 314 g/mol. The molecule has 1 aromatic carbocycles. The molecule has 0 bridgehead atoms. The SMILES string of the molecule is CCN(Cc1ccccc1)C(=O)CNC1CCCC1C1COCCN1. The minimum atomic E-state index is 0.185. The van der Waals surface area contributed by atoms with Crippen molar-refractivity contribution < 1.29 is 9.53 Å². The lowest BCUT2D eigenvalue weighted by molar-refractivity contribution is -0.130. The maximum Gasteiger partial charge on any atom is 0.236 e. The van der Waals surface area contributed by atoms with Gasteiger partial charge in [0.25, 0.3) is 0 Å². The van der Waals surface area contributed by atoms with Gasteiger partial charge >= 0.3 is 0 Å². The van der Waals surface area contributed by atoms with E-state index in [1.54, 1.807) is 0 Å². The average Bonchev–Trinajstić information content (AvgIpc) is 3.14. The number of carbonyl (C=O) groups is 1. The van der Waals surface area contributed by atoms with E-state index in [1.807, 2.05) is 30.0 Å². The molecule has 5 heteroatoms. The van der Waals surface area contributed by atoms with Crippen LogP contribution in [0.3, 0.4) is 0 Å². The number of nitrogens with one attached hydrogen (secondary N) is 2. The lowest BCUT2D eigenvalue weighted by Crippen LogP contribution is -2.52. The molecule has 138 valence electrons. The molecule has 2 N–H and O–H groups in total. The van der Waals surface area contributed by atoms with Crippen molar-refractivity contribution in [2.45, 2.75) is 44.8 Å². The first-order valence-electron chi connectivity index (χ1n) is 9.64. The molecule has 1 saturated carbocycles. The third-order valence-electron chi connectivity index (χ3n) is 5.50. The maximum atomic E-state index is 12.6. The van der Waals surface area contributed by atoms with Crippen LogP contribution in [0.1, 0.15) is 31.7 Å². The topological polar surface area (TPSA) is 53.6 Å². The summed E-state index contributed by atoms with van der Waals surface area (Å²) in [4.78, 5) is 14.6. The molecule has 0 radical (unpaired) electrons. The summed E-state index contributed by atoms with van der Waals surface area (Å²) in [6, 6.07) is 11.0. The van der Waals surface area contributed by atoms with Gasteiger partial charge in [0.15, 0.2) is 0 Å². The molecule has 1 aliphatic carbocycles. The minimum Gasteiger partial charge on any atom is -0.379 e. The zero-order valence-corrected chi connectivity index (χ0v) is 15.2. The fourth-order valence-corrected chi connectivity index (χ4v) is 4.09. The van der Waals surface area contributed by atoms with Crippen LogP contribution in [-0.4, -0.2) is 55.7 Å². The average molecular weight is 345 g/mol. The van der Waals surface area contributed by atoms with Crippen molar-refractivity contribution in [1.29, 1.82) is 0 Å². The summed E-state index contributed by atoms with van der Waals surface area (Å²) in [6.07, 6.45) is 3.60. The molecule has 5 nitrogen and oxygen atoms in total. The Morgan fingerprint density at radius 1 is 1.32 bits per heavy atom. The number of carbonyl (C=O) groups excluding carboxylic acids is 1. The molecule has 1 saturated heterocycles. The van der Waals surface area contributed by atoms with Gasteiger partial charge in [-0.1, -0.05) is 36.8 Å². The minimum absolute atomic E-state index is 0.185. The summed E-state index contributed by atoms with van der Waals surface area (Å²) < 4.78 is 5.62. The molecule has 1 aromatic rings. The Kier molecular flexibility index (Phi) is 6.84. The summed E-state index contributed by atoms with van der Waals surface area (Å²) in [5.41, 5.74) is 1.18. The van der Waals surface area contributed by atoms with E-state index in [2.05, 4.69) is 22.8 Å². The third-order valence-corrected chi connectivity index (χ3v) is 5.50. The van der Waals surface area contributed by atoms with E-state index in [4.69, 9.17) is 4.74 Å². The third kappa shape index (κ3) is 5.03. The van der Waals surface area contributed by atoms with E-state index in [1.165, 1.54) is 18.4 Å². The van der Waals surface area contributed by atoms with E-state index in [0.717, 1.165) is 32.7 Å². The quantitative estimate of drug-likeness (QED) is 0.791. The van der Waals surface area contributed by atoms with Crippen LogP contribution >= 0.6 is 0 Å². The zero-order valence-electron chi connectivity index (χ0n) is 15.2. The molecule has 1 aliphatic heterocycles. The number of benzene rings is 1. The number of rotatable bonds is 7. The number of ether oxygens (including phenoxy) is 1. The predicted octanol–water partition coefficient (Wildman–Crippen LogP) is 1.78. The van der Waals surface area contributed by atoms with Crippen molar-refractivity contribution in [1.82, 2.24) is 15.5 Å². The van der Waals surface area contributed by atoms with Crippen molar-refractivity contribution in [2.75, 3.05) is 32.8 Å². The second-order valence-corrected chi connectivity index (χ2v) is 7.11. The van der Waals surface area contributed by atoms with Crippen LogP contribution in [-0.2, 0) is 16.1 Å². The number of amides is 1. The van der Waals surface area contributed by atoms with Gasteiger partial charge in [0.05, 0.1) is 19.8 Å². The Bertz CT molecular complexity index is 531. The number of nitrogens with zero attached hydrogens (tertiary/aromatic N) is 1. The van der Waals surface area contributed by atoms with Gasteiger partial charge in [0.1, 0.15) is 0 Å². The summed E-state index contributed by atoms with van der Waals surface area (Å²) in [5.74, 6) is 0.752. The molecule has 0 aromatic heterocycles. The smallest absolute Gasteiger partial charge is 0.236 e. The van der Waals surface area contributed by atoms with Crippen LogP contribution in [0.5, 0.6) is 0 Å². The molecule has 2 aliphatic rings. The Morgan fingerprint density at radius 2 is 2.16 bits per heavy atom. The molecule has 2 fully saturated rings. The van der Waals surface area contributed by atoms with Crippen LogP contribution in [0.4, 0.5) is 0 Å². The number of hydrogen-bond acceptors (Lipinski definition) is 4. The van der Waals surface area contributed by atoms with Crippen molar-refractivity contribution in [3.63, 3.8) is 0 Å².